The van der Waals surface area contributed by atoms with Crippen LogP contribution in [0.15, 0.2) is 47.6 Å². The first-order chi connectivity index (χ1) is 11.0. The third kappa shape index (κ3) is 5.00. The van der Waals surface area contributed by atoms with E-state index in [1.54, 1.807) is 43.3 Å². The van der Waals surface area contributed by atoms with Gasteiger partial charge in [-0.15, -0.1) is 0 Å². The molecular weight excluding hydrogens is 316 g/mol. The number of hydrazone groups is 1. The SMILES string of the molecule is Cc1cc(Cl)ccc1OC(C)C(=O)N/N=C/c1cccc(O)c1. The number of phenolic OH excluding ortho intramolecular Hbond substituents is 1. The molecule has 0 spiro atoms. The molecule has 2 rings (SSSR count). The van der Waals surface area contributed by atoms with Crippen molar-refractivity contribution in [1.29, 1.82) is 0 Å². The van der Waals surface area contributed by atoms with Crippen molar-refractivity contribution in [2.75, 3.05) is 0 Å². The molecule has 120 valence electrons. The minimum atomic E-state index is -0.712. The Hall–Kier alpha value is -2.53. The Morgan fingerprint density at radius 1 is 1.35 bits per heavy atom. The second-order valence-corrected chi connectivity index (χ2v) is 5.44. The smallest absolute Gasteiger partial charge is 0.280 e. The number of hydrogen-bond acceptors (Lipinski definition) is 4. The fourth-order valence-electron chi connectivity index (χ4n) is 1.86. The first kappa shape index (κ1) is 16.8. The monoisotopic (exact) mass is 332 g/mol. The molecule has 0 bridgehead atoms. The van der Waals surface area contributed by atoms with Crippen molar-refractivity contribution in [3.63, 3.8) is 0 Å². The number of nitrogens with zero attached hydrogens (tertiary/aromatic N) is 1. The Bertz CT molecular complexity index is 732. The van der Waals surface area contributed by atoms with Crippen LogP contribution in [-0.4, -0.2) is 23.3 Å². The van der Waals surface area contributed by atoms with Gasteiger partial charge >= 0.3 is 0 Å². The molecule has 0 heterocycles. The molecule has 5 nitrogen and oxygen atoms in total. The van der Waals surface area contributed by atoms with Gasteiger partial charge < -0.3 is 9.84 Å². The minimum absolute atomic E-state index is 0.134. The number of benzene rings is 2. The fraction of sp³-hybridized carbons (Fsp3) is 0.176. The van der Waals surface area contributed by atoms with Crippen LogP contribution in [0.2, 0.25) is 5.02 Å². The lowest BCUT2D eigenvalue weighted by Crippen LogP contribution is -2.33. The highest BCUT2D eigenvalue weighted by atomic mass is 35.5. The highest BCUT2D eigenvalue weighted by molar-refractivity contribution is 6.30. The Balaban J connectivity index is 1.92. The molecule has 2 aromatic rings. The predicted octanol–water partition coefficient (Wildman–Crippen LogP) is 3.27. The lowest BCUT2D eigenvalue weighted by molar-refractivity contribution is -0.127. The average Bonchev–Trinajstić information content (AvgIpc) is 2.50. The minimum Gasteiger partial charge on any atom is -0.508 e. The van der Waals surface area contributed by atoms with Crippen LogP contribution in [0.3, 0.4) is 0 Å². The van der Waals surface area contributed by atoms with Crippen LogP contribution in [-0.2, 0) is 4.79 Å². The molecule has 0 aliphatic heterocycles. The van der Waals surface area contributed by atoms with Gasteiger partial charge in [-0.1, -0.05) is 23.7 Å². The van der Waals surface area contributed by atoms with Crippen LogP contribution in [0.25, 0.3) is 0 Å². The van der Waals surface area contributed by atoms with Crippen LogP contribution in [0.1, 0.15) is 18.1 Å². The molecular formula is C17H17ClN2O3. The van der Waals surface area contributed by atoms with E-state index in [2.05, 4.69) is 10.5 Å². The molecule has 1 unspecified atom stereocenters. The van der Waals surface area contributed by atoms with Gasteiger partial charge in [0.05, 0.1) is 6.21 Å². The van der Waals surface area contributed by atoms with Crippen molar-refractivity contribution in [3.05, 3.63) is 58.6 Å². The maximum absolute atomic E-state index is 12.0. The third-order valence-corrected chi connectivity index (χ3v) is 3.30. The highest BCUT2D eigenvalue weighted by Crippen LogP contribution is 2.22. The summed E-state index contributed by atoms with van der Waals surface area (Å²) in [5.74, 6) is 0.347. The summed E-state index contributed by atoms with van der Waals surface area (Å²) in [7, 11) is 0. The molecule has 0 aliphatic rings. The van der Waals surface area contributed by atoms with E-state index in [4.69, 9.17) is 16.3 Å². The highest BCUT2D eigenvalue weighted by Gasteiger charge is 2.15. The number of aryl methyl sites for hydroxylation is 1. The van der Waals surface area contributed by atoms with Crippen LogP contribution >= 0.6 is 11.6 Å². The molecule has 0 radical (unpaired) electrons. The van der Waals surface area contributed by atoms with Gasteiger partial charge in [-0.3, -0.25) is 4.79 Å². The lowest BCUT2D eigenvalue weighted by Gasteiger charge is -2.14. The summed E-state index contributed by atoms with van der Waals surface area (Å²) < 4.78 is 5.60. The van der Waals surface area contributed by atoms with Crippen molar-refractivity contribution < 1.29 is 14.6 Å². The number of phenols is 1. The van der Waals surface area contributed by atoms with Crippen molar-refractivity contribution >= 4 is 23.7 Å². The predicted molar refractivity (Wildman–Crippen MR) is 90.1 cm³/mol. The van der Waals surface area contributed by atoms with E-state index < -0.39 is 6.10 Å². The Morgan fingerprint density at radius 3 is 2.83 bits per heavy atom. The zero-order valence-electron chi connectivity index (χ0n) is 12.8. The molecule has 23 heavy (non-hydrogen) atoms. The fourth-order valence-corrected chi connectivity index (χ4v) is 2.08. The van der Waals surface area contributed by atoms with E-state index >= 15 is 0 Å². The Labute approximate surface area is 139 Å². The quantitative estimate of drug-likeness (QED) is 0.652. The largest absolute Gasteiger partial charge is 0.508 e. The molecule has 1 amide bonds. The van der Waals surface area contributed by atoms with Crippen LogP contribution in [0, 0.1) is 6.92 Å². The van der Waals surface area contributed by atoms with E-state index in [0.29, 0.717) is 16.3 Å². The summed E-state index contributed by atoms with van der Waals surface area (Å²) in [5, 5.41) is 13.8. The van der Waals surface area contributed by atoms with Crippen molar-refractivity contribution in [1.82, 2.24) is 5.43 Å². The van der Waals surface area contributed by atoms with Gasteiger partial charge in [0.15, 0.2) is 6.10 Å². The Kier molecular flexibility index (Phi) is 5.60. The van der Waals surface area contributed by atoms with Gasteiger partial charge in [0.25, 0.3) is 5.91 Å². The average molecular weight is 333 g/mol. The normalized spacial score (nSPS) is 12.1. The second-order valence-electron chi connectivity index (χ2n) is 5.00. The summed E-state index contributed by atoms with van der Waals surface area (Å²) in [6.45, 7) is 3.49. The first-order valence-electron chi connectivity index (χ1n) is 7.00. The number of halogens is 1. The second kappa shape index (κ2) is 7.65. The molecule has 2 N–H and O–H groups in total. The van der Waals surface area contributed by atoms with Crippen molar-refractivity contribution in [3.8, 4) is 11.5 Å². The van der Waals surface area contributed by atoms with E-state index in [1.165, 1.54) is 12.3 Å². The summed E-state index contributed by atoms with van der Waals surface area (Å²) in [4.78, 5) is 12.0. The molecule has 0 fully saturated rings. The van der Waals surface area contributed by atoms with Gasteiger partial charge in [-0.25, -0.2) is 5.43 Å². The van der Waals surface area contributed by atoms with Gasteiger partial charge in [0, 0.05) is 5.02 Å². The number of hydrogen-bond donors (Lipinski definition) is 2. The number of carbonyl (C=O) groups is 1. The number of carbonyl (C=O) groups excluding carboxylic acids is 1. The number of aromatic hydroxyl groups is 1. The van der Waals surface area contributed by atoms with Gasteiger partial charge in [-0.05, 0) is 55.3 Å². The molecule has 0 saturated carbocycles. The molecule has 2 aromatic carbocycles. The topological polar surface area (TPSA) is 70.9 Å². The number of nitrogens with one attached hydrogen (secondary N) is 1. The summed E-state index contributed by atoms with van der Waals surface area (Å²) in [5.41, 5.74) is 3.92. The number of amides is 1. The molecule has 0 aromatic heterocycles. The van der Waals surface area contributed by atoms with Crippen LogP contribution in [0.5, 0.6) is 11.5 Å². The van der Waals surface area contributed by atoms with Crippen LogP contribution < -0.4 is 10.2 Å². The maximum atomic E-state index is 12.0. The van der Waals surface area contributed by atoms with Crippen molar-refractivity contribution in [2.24, 2.45) is 5.10 Å². The molecule has 0 saturated heterocycles. The summed E-state index contributed by atoms with van der Waals surface area (Å²) >= 11 is 5.88. The van der Waals surface area contributed by atoms with E-state index in [9.17, 15) is 9.90 Å². The summed E-state index contributed by atoms with van der Waals surface area (Å²) in [6.07, 6.45) is 0.730. The standard InChI is InChI=1S/C17H17ClN2O3/c1-11-8-14(18)6-7-16(11)23-12(2)17(22)20-19-10-13-4-3-5-15(21)9-13/h3-10,12,21H,1-2H3,(H,20,22)/b19-10+. The molecule has 0 aliphatic carbocycles. The zero-order valence-corrected chi connectivity index (χ0v) is 13.5. The maximum Gasteiger partial charge on any atom is 0.280 e. The van der Waals surface area contributed by atoms with E-state index in [0.717, 1.165) is 5.56 Å². The van der Waals surface area contributed by atoms with E-state index in [-0.39, 0.29) is 11.7 Å². The number of ether oxygens (including phenoxy) is 1. The van der Waals surface area contributed by atoms with Gasteiger partial charge in [0.1, 0.15) is 11.5 Å². The first-order valence-corrected chi connectivity index (χ1v) is 7.38. The van der Waals surface area contributed by atoms with Crippen LogP contribution in [0.4, 0.5) is 0 Å². The number of rotatable bonds is 5. The lowest BCUT2D eigenvalue weighted by atomic mass is 10.2. The Morgan fingerprint density at radius 2 is 2.13 bits per heavy atom. The third-order valence-electron chi connectivity index (χ3n) is 3.07. The zero-order chi connectivity index (χ0) is 16.8. The van der Waals surface area contributed by atoms with E-state index in [1.807, 2.05) is 6.92 Å². The molecule has 6 heteroatoms. The van der Waals surface area contributed by atoms with Gasteiger partial charge in [0.2, 0.25) is 0 Å². The molecule has 1 atom stereocenters. The van der Waals surface area contributed by atoms with Gasteiger partial charge in [-0.2, -0.15) is 5.10 Å². The summed E-state index contributed by atoms with van der Waals surface area (Å²) in [6, 6.07) is 11.7. The van der Waals surface area contributed by atoms with Crippen molar-refractivity contribution in [2.45, 2.75) is 20.0 Å².